The summed E-state index contributed by atoms with van der Waals surface area (Å²) in [5.74, 6) is 0.636. The molecule has 1 unspecified atom stereocenters. The summed E-state index contributed by atoms with van der Waals surface area (Å²) in [5.41, 5.74) is 2.48. The van der Waals surface area contributed by atoms with E-state index in [1.807, 2.05) is 12.3 Å². The molecule has 0 spiro atoms. The van der Waals surface area contributed by atoms with Crippen LogP contribution in [0.3, 0.4) is 0 Å². The van der Waals surface area contributed by atoms with Crippen molar-refractivity contribution in [2.45, 2.75) is 33.2 Å². The quantitative estimate of drug-likeness (QED) is 0.869. The smallest absolute Gasteiger partial charge is 0.0704 e. The van der Waals surface area contributed by atoms with Crippen molar-refractivity contribution in [1.82, 2.24) is 10.3 Å². The number of hydrogen-bond acceptors (Lipinski definition) is 2. The second-order valence-corrected chi connectivity index (χ2v) is 5.10. The fourth-order valence-electron chi connectivity index (χ4n) is 2.38. The van der Waals surface area contributed by atoms with E-state index in [-0.39, 0.29) is 0 Å². The van der Waals surface area contributed by atoms with E-state index in [9.17, 15) is 0 Å². The van der Waals surface area contributed by atoms with Gasteiger partial charge in [-0.1, -0.05) is 39.0 Å². The van der Waals surface area contributed by atoms with Gasteiger partial charge in [-0.2, -0.15) is 0 Å². The lowest BCUT2D eigenvalue weighted by Gasteiger charge is -2.22. The molecule has 96 valence electrons. The predicted octanol–water partition coefficient (Wildman–Crippen LogP) is 3.41. The molecule has 1 aromatic carbocycles. The minimum absolute atomic E-state index is 0.529. The molecule has 1 atom stereocenters. The van der Waals surface area contributed by atoms with E-state index in [1.165, 1.54) is 10.9 Å². The monoisotopic (exact) mass is 242 g/mol. The number of hydrogen-bond donors (Lipinski definition) is 1. The van der Waals surface area contributed by atoms with Crippen LogP contribution in [0.2, 0.25) is 0 Å². The Morgan fingerprint density at radius 1 is 1.17 bits per heavy atom. The summed E-state index contributed by atoms with van der Waals surface area (Å²) in [5, 5.41) is 4.86. The van der Waals surface area contributed by atoms with Crippen molar-refractivity contribution in [3.05, 3.63) is 42.1 Å². The van der Waals surface area contributed by atoms with Gasteiger partial charge in [-0.05, 0) is 36.6 Å². The molecule has 0 amide bonds. The summed E-state index contributed by atoms with van der Waals surface area (Å²) < 4.78 is 0. The number of fused-ring (bicyclic) bond motifs is 1. The maximum Gasteiger partial charge on any atom is 0.0704 e. The van der Waals surface area contributed by atoms with Crippen molar-refractivity contribution in [1.29, 1.82) is 0 Å². The van der Waals surface area contributed by atoms with E-state index in [4.69, 9.17) is 0 Å². The van der Waals surface area contributed by atoms with Crippen molar-refractivity contribution in [2.24, 2.45) is 5.92 Å². The third-order valence-corrected chi connectivity index (χ3v) is 3.45. The molecule has 2 rings (SSSR count). The number of aromatic nitrogens is 1. The van der Waals surface area contributed by atoms with E-state index in [0.29, 0.717) is 12.0 Å². The highest BCUT2D eigenvalue weighted by molar-refractivity contribution is 5.81. The average Bonchev–Trinajstić information content (AvgIpc) is 2.38. The Balaban J connectivity index is 2.30. The first kappa shape index (κ1) is 13.0. The summed E-state index contributed by atoms with van der Waals surface area (Å²) in [7, 11) is 0. The van der Waals surface area contributed by atoms with Crippen LogP contribution in [-0.2, 0) is 6.42 Å². The third-order valence-electron chi connectivity index (χ3n) is 3.45. The van der Waals surface area contributed by atoms with Gasteiger partial charge in [0.05, 0.1) is 5.52 Å². The zero-order valence-corrected chi connectivity index (χ0v) is 11.5. The average molecular weight is 242 g/mol. The summed E-state index contributed by atoms with van der Waals surface area (Å²) >= 11 is 0. The van der Waals surface area contributed by atoms with E-state index in [2.05, 4.69) is 55.3 Å². The second kappa shape index (κ2) is 5.96. The molecule has 0 aliphatic rings. The maximum atomic E-state index is 4.42. The Morgan fingerprint density at radius 3 is 2.67 bits per heavy atom. The van der Waals surface area contributed by atoms with Gasteiger partial charge in [-0.15, -0.1) is 0 Å². The van der Waals surface area contributed by atoms with Gasteiger partial charge in [0.1, 0.15) is 0 Å². The van der Waals surface area contributed by atoms with Crippen LogP contribution in [0, 0.1) is 5.92 Å². The van der Waals surface area contributed by atoms with Crippen molar-refractivity contribution in [2.75, 3.05) is 6.54 Å². The fourth-order valence-corrected chi connectivity index (χ4v) is 2.38. The van der Waals surface area contributed by atoms with Gasteiger partial charge < -0.3 is 5.32 Å². The highest BCUT2D eigenvalue weighted by Gasteiger charge is 2.14. The molecule has 1 aromatic heterocycles. The molecule has 1 N–H and O–H groups in total. The number of likely N-dealkylation sites (N-methyl/N-ethyl adjacent to an activating group) is 1. The van der Waals surface area contributed by atoms with Crippen LogP contribution in [0.5, 0.6) is 0 Å². The molecule has 18 heavy (non-hydrogen) atoms. The minimum atomic E-state index is 0.529. The maximum absolute atomic E-state index is 4.42. The Hall–Kier alpha value is -1.41. The van der Waals surface area contributed by atoms with Gasteiger partial charge in [0.15, 0.2) is 0 Å². The van der Waals surface area contributed by atoms with Crippen molar-refractivity contribution >= 4 is 10.9 Å². The topological polar surface area (TPSA) is 24.9 Å². The van der Waals surface area contributed by atoms with Gasteiger partial charge in [0.2, 0.25) is 0 Å². The molecule has 0 saturated carbocycles. The van der Waals surface area contributed by atoms with Crippen molar-refractivity contribution in [3.63, 3.8) is 0 Å². The van der Waals surface area contributed by atoms with Gasteiger partial charge in [-0.3, -0.25) is 4.98 Å². The van der Waals surface area contributed by atoms with Crippen LogP contribution >= 0.6 is 0 Å². The molecular formula is C16H22N2. The predicted molar refractivity (Wildman–Crippen MR) is 77.7 cm³/mol. The normalized spacial score (nSPS) is 13.1. The first-order valence-corrected chi connectivity index (χ1v) is 6.78. The number of para-hydroxylation sites is 1. The van der Waals surface area contributed by atoms with E-state index in [1.54, 1.807) is 0 Å². The number of nitrogens with one attached hydrogen (secondary N) is 1. The number of nitrogens with zero attached hydrogens (tertiary/aromatic N) is 1. The number of benzene rings is 1. The van der Waals surface area contributed by atoms with Gasteiger partial charge in [0, 0.05) is 17.6 Å². The molecule has 1 heterocycles. The van der Waals surface area contributed by atoms with Crippen LogP contribution in [0.1, 0.15) is 26.3 Å². The molecule has 2 heteroatoms. The summed E-state index contributed by atoms with van der Waals surface area (Å²) in [6.07, 6.45) is 2.98. The first-order valence-electron chi connectivity index (χ1n) is 6.78. The second-order valence-electron chi connectivity index (χ2n) is 5.10. The van der Waals surface area contributed by atoms with E-state index in [0.717, 1.165) is 18.5 Å². The van der Waals surface area contributed by atoms with E-state index < -0.39 is 0 Å². The molecule has 2 aromatic rings. The highest BCUT2D eigenvalue weighted by atomic mass is 14.9. The van der Waals surface area contributed by atoms with Crippen molar-refractivity contribution < 1.29 is 0 Å². The van der Waals surface area contributed by atoms with Gasteiger partial charge in [0.25, 0.3) is 0 Å². The largest absolute Gasteiger partial charge is 0.314 e. The molecule has 0 aliphatic heterocycles. The SMILES string of the molecule is CCNC(Cc1ccnc2ccccc12)C(C)C. The van der Waals surface area contributed by atoms with Crippen LogP contribution in [0.15, 0.2) is 36.5 Å². The van der Waals surface area contributed by atoms with Crippen LogP contribution < -0.4 is 5.32 Å². The van der Waals surface area contributed by atoms with Gasteiger partial charge in [-0.25, -0.2) is 0 Å². The van der Waals surface area contributed by atoms with Crippen LogP contribution in [-0.4, -0.2) is 17.6 Å². The standard InChI is InChI=1S/C16H22N2/c1-4-17-16(12(2)3)11-13-9-10-18-15-8-6-5-7-14(13)15/h5-10,12,16-17H,4,11H2,1-3H3. The number of rotatable bonds is 5. The molecule has 0 radical (unpaired) electrons. The lowest BCUT2D eigenvalue weighted by atomic mass is 9.94. The summed E-state index contributed by atoms with van der Waals surface area (Å²) in [6.45, 7) is 7.74. The fraction of sp³-hybridized carbons (Fsp3) is 0.438. The molecule has 2 nitrogen and oxygen atoms in total. The minimum Gasteiger partial charge on any atom is -0.314 e. The van der Waals surface area contributed by atoms with Crippen LogP contribution in [0.4, 0.5) is 0 Å². The lowest BCUT2D eigenvalue weighted by molar-refractivity contribution is 0.406. The number of pyridine rings is 1. The van der Waals surface area contributed by atoms with Crippen molar-refractivity contribution in [3.8, 4) is 0 Å². The molecule has 0 aliphatic carbocycles. The Labute approximate surface area is 109 Å². The highest BCUT2D eigenvalue weighted by Crippen LogP contribution is 2.19. The Kier molecular flexibility index (Phi) is 4.32. The zero-order valence-electron chi connectivity index (χ0n) is 11.5. The Bertz CT molecular complexity index is 500. The first-order chi connectivity index (χ1) is 8.72. The molecule has 0 fully saturated rings. The summed E-state index contributed by atoms with van der Waals surface area (Å²) in [4.78, 5) is 4.42. The summed E-state index contributed by atoms with van der Waals surface area (Å²) in [6, 6.07) is 11.1. The van der Waals surface area contributed by atoms with Gasteiger partial charge >= 0.3 is 0 Å². The molecule has 0 bridgehead atoms. The third kappa shape index (κ3) is 2.88. The van der Waals surface area contributed by atoms with Crippen LogP contribution in [0.25, 0.3) is 10.9 Å². The molecule has 0 saturated heterocycles. The lowest BCUT2D eigenvalue weighted by Crippen LogP contribution is -2.35. The Morgan fingerprint density at radius 2 is 1.94 bits per heavy atom. The van der Waals surface area contributed by atoms with E-state index >= 15 is 0 Å². The molecular weight excluding hydrogens is 220 g/mol. The zero-order chi connectivity index (χ0) is 13.0.